The van der Waals surface area contributed by atoms with Crippen molar-refractivity contribution in [1.29, 1.82) is 0 Å². The normalized spacial score (nSPS) is 21.2. The summed E-state index contributed by atoms with van der Waals surface area (Å²) in [5.41, 5.74) is 1.41. The van der Waals surface area contributed by atoms with Crippen LogP contribution in [0.15, 0.2) is 74.5 Å². The van der Waals surface area contributed by atoms with E-state index in [2.05, 4.69) is 18.2 Å². The molecule has 1 aliphatic rings. The Morgan fingerprint density at radius 3 is 2.55 bits per heavy atom. The first-order valence-electron chi connectivity index (χ1n) is 9.34. The van der Waals surface area contributed by atoms with Gasteiger partial charge in [-0.15, -0.1) is 0 Å². The molecule has 0 atom stereocenters. The Balaban J connectivity index is 1.75. The maximum atomic E-state index is 12.4. The fourth-order valence-corrected chi connectivity index (χ4v) is 5.74. The number of para-hydroxylation sites is 1. The van der Waals surface area contributed by atoms with Crippen LogP contribution in [0.1, 0.15) is 5.56 Å². The Kier molecular flexibility index (Phi) is 8.78. The van der Waals surface area contributed by atoms with E-state index in [9.17, 15) is 23.7 Å². The zero-order chi connectivity index (χ0) is 24.0. The predicted octanol–water partition coefficient (Wildman–Crippen LogP) is -1.14. The van der Waals surface area contributed by atoms with Crippen molar-refractivity contribution >= 4 is 52.4 Å². The average Bonchev–Trinajstić information content (AvgIpc) is 2.81. The van der Waals surface area contributed by atoms with Gasteiger partial charge >= 0.3 is 218 Å². The van der Waals surface area contributed by atoms with Crippen LogP contribution in [0.5, 0.6) is 17.2 Å². The molecule has 3 rings (SSSR count). The van der Waals surface area contributed by atoms with Crippen LogP contribution < -0.4 is 31.5 Å². The summed E-state index contributed by atoms with van der Waals surface area (Å²) in [5.74, 6) is -0.719. The molecule has 5 N–H and O–H groups in total. The number of phenolic OH excluding ortho intramolecular Hbond substituents is 3. The van der Waals surface area contributed by atoms with Crippen molar-refractivity contribution in [2.24, 2.45) is 8.20 Å². The van der Waals surface area contributed by atoms with E-state index in [1.165, 1.54) is 12.3 Å². The summed E-state index contributed by atoms with van der Waals surface area (Å²) in [6.45, 7) is 0.252. The van der Waals surface area contributed by atoms with Crippen LogP contribution in [0.3, 0.4) is 0 Å². The molecule has 0 bridgehead atoms. The van der Waals surface area contributed by atoms with Gasteiger partial charge in [0.15, 0.2) is 0 Å². The molecule has 2 aromatic rings. The van der Waals surface area contributed by atoms with Gasteiger partial charge in [-0.25, -0.2) is 0 Å². The van der Waals surface area contributed by atoms with Crippen molar-refractivity contribution in [2.45, 2.75) is 4.90 Å². The number of nitrogens with one attached hydrogen (secondary N) is 2. The van der Waals surface area contributed by atoms with E-state index in [-0.39, 0.29) is 29.5 Å². The first kappa shape index (κ1) is 25.5. The van der Waals surface area contributed by atoms with Gasteiger partial charge in [-0.3, -0.25) is 0 Å². The number of halogens is 2. The number of phenols is 3. The van der Waals surface area contributed by atoms with Gasteiger partial charge in [0, 0.05) is 0 Å². The molecule has 0 saturated heterocycles. The molecule has 13 heteroatoms. The van der Waals surface area contributed by atoms with Crippen LogP contribution in [0.2, 0.25) is 0 Å². The molecule has 2 radical (unpaired) electrons. The van der Waals surface area contributed by atoms with Crippen molar-refractivity contribution in [2.75, 3.05) is 13.1 Å². The van der Waals surface area contributed by atoms with Crippen molar-refractivity contribution < 1.29 is 45.2 Å². The minimum atomic E-state index is -3.98. The molecule has 0 aromatic heterocycles. The summed E-state index contributed by atoms with van der Waals surface area (Å²) in [7, 11) is 2.03. The van der Waals surface area contributed by atoms with Crippen LogP contribution in [0.25, 0.3) is 0 Å². The number of benzene rings is 2. The van der Waals surface area contributed by atoms with E-state index in [1.54, 1.807) is 30.3 Å². The second kappa shape index (κ2) is 11.3. The van der Waals surface area contributed by atoms with Gasteiger partial charge in [0.25, 0.3) is 0 Å². The third kappa shape index (κ3) is 6.94. The monoisotopic (exact) mass is 691 g/mol. The van der Waals surface area contributed by atoms with Crippen LogP contribution >= 0.6 is 22.6 Å². The number of hydrogen-bond donors (Lipinski definition) is 5. The number of aliphatic imine (C=N–C) groups is 1. The molecule has 1 aliphatic heterocycles. The maximum absolute atomic E-state index is 12.4. The zero-order valence-corrected chi connectivity index (χ0v) is 22.0. The Bertz CT molecular complexity index is 1280. The molecular formula is C20H18BI2N4O5S-. The van der Waals surface area contributed by atoms with Gasteiger partial charge in [-0.05, 0) is 0 Å². The topological polar surface area (TPSA) is 144 Å². The first-order valence-corrected chi connectivity index (χ1v) is 13.9. The summed E-state index contributed by atoms with van der Waals surface area (Å²) in [5, 5.41) is 32.6. The Morgan fingerprint density at radius 1 is 1.06 bits per heavy atom. The van der Waals surface area contributed by atoms with Crippen molar-refractivity contribution in [3.8, 4) is 17.2 Å². The molecule has 0 saturated carbocycles. The second-order valence-corrected chi connectivity index (χ2v) is 11.5. The van der Waals surface area contributed by atoms with E-state index in [4.69, 9.17) is 7.85 Å². The molecule has 33 heavy (non-hydrogen) atoms. The summed E-state index contributed by atoms with van der Waals surface area (Å²) >= 11 is 1.11. The molecular weight excluding hydrogens is 673 g/mol. The third-order valence-electron chi connectivity index (χ3n) is 4.17. The number of nitrogens with zero attached hydrogens (tertiary/aromatic N) is 2. The van der Waals surface area contributed by atoms with E-state index in [1.807, 2.05) is 22.6 Å². The first-order chi connectivity index (χ1) is 15.7. The summed E-state index contributed by atoms with van der Waals surface area (Å²) in [6.07, 6.45) is 3.30. The molecule has 2 aromatic carbocycles. The molecule has 1 heterocycles. The van der Waals surface area contributed by atoms with Gasteiger partial charge in [0.1, 0.15) is 0 Å². The quantitative estimate of drug-likeness (QED) is 0.108. The van der Waals surface area contributed by atoms with Crippen LogP contribution in [-0.4, -0.2) is 56.6 Å². The van der Waals surface area contributed by atoms with Crippen molar-refractivity contribution in [1.82, 2.24) is 10.0 Å². The Hall–Kier alpha value is -2.11. The fourth-order valence-electron chi connectivity index (χ4n) is 2.62. The number of rotatable bonds is 7. The van der Waals surface area contributed by atoms with Gasteiger partial charge in [0.05, 0.1) is 0 Å². The van der Waals surface area contributed by atoms with Gasteiger partial charge < -0.3 is 0 Å². The van der Waals surface area contributed by atoms with Crippen molar-refractivity contribution in [3.63, 3.8) is 0 Å². The number of aromatic hydroxyl groups is 3. The zero-order valence-electron chi connectivity index (χ0n) is 16.9. The van der Waals surface area contributed by atoms with E-state index < -0.39 is 37.3 Å². The summed E-state index contributed by atoms with van der Waals surface area (Å²) in [4.78, 5) is 4.20. The van der Waals surface area contributed by atoms with Crippen LogP contribution in [-0.2, 0) is 10.0 Å². The van der Waals surface area contributed by atoms with E-state index in [0.717, 1.165) is 15.8 Å². The molecule has 0 amide bonds. The fraction of sp³-hybridized carbons (Fsp3) is 0.100. The van der Waals surface area contributed by atoms with Crippen molar-refractivity contribution in [3.05, 3.63) is 67.0 Å². The molecule has 9 nitrogen and oxygen atoms in total. The Morgan fingerprint density at radius 2 is 1.82 bits per heavy atom. The van der Waals surface area contributed by atoms with E-state index >= 15 is 0 Å². The summed E-state index contributed by atoms with van der Waals surface area (Å²) < 4.78 is 32.9. The van der Waals surface area contributed by atoms with Gasteiger partial charge in [-0.2, -0.15) is 0 Å². The Labute approximate surface area is 216 Å². The molecule has 172 valence electrons. The standard InChI is InChI=1S/C20H18BI2N4O5S/c21-14-11-25-23-19(10-15(27-20(14)22)13-3-1-2-4-16(13)29)24-7-8-26-33(31,32)18-6-5-12(28)9-17(18)30/h1-6,9-11,24,26,28-30H,7-8H2/q-1/b19-10+,20-14-,25-11-,27-15+. The van der Waals surface area contributed by atoms with Crippen LogP contribution in [0.4, 0.5) is 0 Å². The molecule has 0 fully saturated rings. The second-order valence-electron chi connectivity index (χ2n) is 6.54. The number of allylic oxidation sites excluding steroid dienone is 2. The molecule has 0 unspecified atom stereocenters. The van der Waals surface area contributed by atoms with Gasteiger partial charge in [0.2, 0.25) is 0 Å². The van der Waals surface area contributed by atoms with Gasteiger partial charge in [-0.1, -0.05) is 0 Å². The van der Waals surface area contributed by atoms with Crippen LogP contribution in [0, 0.1) is 0 Å². The average molecular weight is 691 g/mol. The summed E-state index contributed by atoms with van der Waals surface area (Å²) in [6, 6.07) is 10.0. The molecule has 0 spiro atoms. The molecule has 0 aliphatic carbocycles. The predicted molar refractivity (Wildman–Crippen MR) is 131 cm³/mol. The SMILES string of the molecule is [B]C1=C(I)\N=C(c2ccccc2O)/C=C(/NCCNS(=O)(=O)c2ccc(O)cc2O)[I-]/N=C\1. The minimum absolute atomic E-state index is 0.0223. The third-order valence-corrected chi connectivity index (χ3v) is 8.31. The number of hydrogen-bond acceptors (Lipinski definition) is 8. The van der Waals surface area contributed by atoms with E-state index in [0.29, 0.717) is 20.5 Å². The number of sulfonamides is 1.